The second-order valence-corrected chi connectivity index (χ2v) is 11.9. The molecule has 1 aliphatic heterocycles. The van der Waals surface area contributed by atoms with Gasteiger partial charge in [0.1, 0.15) is 5.75 Å². The van der Waals surface area contributed by atoms with Gasteiger partial charge in [-0.05, 0) is 65.6 Å². The van der Waals surface area contributed by atoms with Crippen LogP contribution >= 0.6 is 11.6 Å². The summed E-state index contributed by atoms with van der Waals surface area (Å²) in [4.78, 5) is 29.6. The minimum absolute atomic E-state index is 0.0964. The number of hydrogen-bond donors (Lipinski definition) is 1. The van der Waals surface area contributed by atoms with Gasteiger partial charge in [-0.15, -0.1) is 0 Å². The van der Waals surface area contributed by atoms with E-state index in [0.29, 0.717) is 17.9 Å². The van der Waals surface area contributed by atoms with E-state index in [1.54, 1.807) is 12.1 Å². The van der Waals surface area contributed by atoms with Crippen molar-refractivity contribution in [1.29, 1.82) is 0 Å². The minimum atomic E-state index is -0.386. The van der Waals surface area contributed by atoms with Gasteiger partial charge in [0, 0.05) is 52.0 Å². The fourth-order valence-electron chi connectivity index (χ4n) is 5.87. The van der Waals surface area contributed by atoms with Gasteiger partial charge in [-0.1, -0.05) is 51.4 Å². The molecule has 1 heterocycles. The molecule has 5 rings (SSSR count). The van der Waals surface area contributed by atoms with Crippen LogP contribution in [0.5, 0.6) is 5.75 Å². The fraction of sp³-hybridized carbons (Fsp3) is 0.379. The molecule has 1 N–H and O–H groups in total. The van der Waals surface area contributed by atoms with Gasteiger partial charge in [-0.3, -0.25) is 9.59 Å². The lowest BCUT2D eigenvalue weighted by atomic mass is 9.63. The second-order valence-electron chi connectivity index (χ2n) is 11.4. The van der Waals surface area contributed by atoms with Crippen molar-refractivity contribution in [1.82, 2.24) is 0 Å². The van der Waals surface area contributed by atoms with Crippen molar-refractivity contribution >= 4 is 28.9 Å². The van der Waals surface area contributed by atoms with Crippen molar-refractivity contribution in [3.63, 3.8) is 0 Å². The highest BCUT2D eigenvalue weighted by atomic mass is 35.5. The summed E-state index contributed by atoms with van der Waals surface area (Å²) < 4.78 is 0. The molecule has 5 heteroatoms. The molecular weight excluding hydrogens is 446 g/mol. The number of carbonyl (C=O) groups excluding carboxylic acids is 2. The van der Waals surface area contributed by atoms with Gasteiger partial charge < -0.3 is 10.0 Å². The predicted octanol–water partition coefficient (Wildman–Crippen LogP) is 6.94. The van der Waals surface area contributed by atoms with Gasteiger partial charge in [0.05, 0.1) is 0 Å². The average molecular weight is 476 g/mol. The van der Waals surface area contributed by atoms with E-state index < -0.39 is 0 Å². The molecule has 0 saturated carbocycles. The molecule has 0 saturated heterocycles. The Hall–Kier alpha value is -2.85. The molecule has 3 aliphatic rings. The third-order valence-electron chi connectivity index (χ3n) is 7.22. The Labute approximate surface area is 205 Å². The summed E-state index contributed by atoms with van der Waals surface area (Å²) in [5, 5.41) is 10.5. The van der Waals surface area contributed by atoms with Crippen LogP contribution in [-0.4, -0.2) is 16.7 Å². The zero-order valence-corrected chi connectivity index (χ0v) is 20.9. The van der Waals surface area contributed by atoms with Crippen molar-refractivity contribution < 1.29 is 14.7 Å². The number of phenols is 1. The van der Waals surface area contributed by atoms with Crippen LogP contribution in [-0.2, 0) is 9.59 Å². The molecule has 4 nitrogen and oxygen atoms in total. The van der Waals surface area contributed by atoms with Gasteiger partial charge in [0.15, 0.2) is 11.6 Å². The molecule has 0 atom stereocenters. The zero-order chi connectivity index (χ0) is 24.4. The Morgan fingerprint density at radius 1 is 0.765 bits per heavy atom. The number of allylic oxidation sites excluding steroid dienone is 4. The summed E-state index contributed by atoms with van der Waals surface area (Å²) in [6, 6.07) is 14.6. The standard InChI is InChI=1S/C29H30ClNO3/c1-28(2)13-21-26(23(33)15-28)25(17-5-7-18(30)8-6-17)27-22(14-29(3,4)16-24(27)34)31(21)19-9-11-20(32)12-10-19/h5-12,25,32H,13-16H2,1-4H3. The highest BCUT2D eigenvalue weighted by Crippen LogP contribution is 2.55. The first-order valence-electron chi connectivity index (χ1n) is 11.8. The number of anilines is 1. The first-order valence-corrected chi connectivity index (χ1v) is 12.2. The van der Waals surface area contributed by atoms with Gasteiger partial charge >= 0.3 is 0 Å². The van der Waals surface area contributed by atoms with E-state index in [1.165, 1.54) is 0 Å². The molecule has 0 spiro atoms. The minimum Gasteiger partial charge on any atom is -0.508 e. The molecular formula is C29H30ClNO3. The van der Waals surface area contributed by atoms with E-state index in [9.17, 15) is 14.7 Å². The number of phenolic OH excluding ortho intramolecular Hbond substituents is 1. The summed E-state index contributed by atoms with van der Waals surface area (Å²) in [6.45, 7) is 8.50. The van der Waals surface area contributed by atoms with Crippen LogP contribution in [0.2, 0.25) is 5.02 Å². The Kier molecular flexibility index (Phi) is 5.29. The van der Waals surface area contributed by atoms with Crippen LogP contribution in [0.25, 0.3) is 0 Å². The molecule has 2 aromatic rings. The predicted molar refractivity (Wildman–Crippen MR) is 135 cm³/mol. The third-order valence-corrected chi connectivity index (χ3v) is 7.47. The van der Waals surface area contributed by atoms with Crippen LogP contribution in [0.3, 0.4) is 0 Å². The van der Waals surface area contributed by atoms with Crippen LogP contribution in [0.15, 0.2) is 71.1 Å². The monoisotopic (exact) mass is 475 g/mol. The van der Waals surface area contributed by atoms with Gasteiger partial charge in [-0.25, -0.2) is 0 Å². The van der Waals surface area contributed by atoms with Crippen molar-refractivity contribution in [2.24, 2.45) is 10.8 Å². The highest BCUT2D eigenvalue weighted by Gasteiger charge is 2.49. The average Bonchev–Trinajstić information content (AvgIpc) is 2.72. The number of halogens is 1. The molecule has 0 fully saturated rings. The summed E-state index contributed by atoms with van der Waals surface area (Å²) >= 11 is 6.19. The van der Waals surface area contributed by atoms with Crippen LogP contribution in [0, 0.1) is 10.8 Å². The summed E-state index contributed by atoms with van der Waals surface area (Å²) in [6.07, 6.45) is 2.35. The molecule has 34 heavy (non-hydrogen) atoms. The number of Topliss-reactive ketones (excluding diaryl/α,β-unsaturated/α-hetero) is 2. The van der Waals surface area contributed by atoms with Crippen molar-refractivity contribution in [2.45, 2.75) is 59.3 Å². The van der Waals surface area contributed by atoms with E-state index in [0.717, 1.165) is 46.6 Å². The van der Waals surface area contributed by atoms with E-state index in [2.05, 4.69) is 32.6 Å². The number of aromatic hydroxyl groups is 1. The molecule has 2 aromatic carbocycles. The van der Waals surface area contributed by atoms with E-state index in [1.807, 2.05) is 36.4 Å². The molecule has 0 amide bonds. The number of rotatable bonds is 2. The van der Waals surface area contributed by atoms with Gasteiger partial charge in [-0.2, -0.15) is 0 Å². The third kappa shape index (κ3) is 3.88. The van der Waals surface area contributed by atoms with Gasteiger partial charge in [0.25, 0.3) is 0 Å². The number of hydrogen-bond acceptors (Lipinski definition) is 4. The first-order chi connectivity index (χ1) is 16.0. The quantitative estimate of drug-likeness (QED) is 0.511. The second kappa shape index (κ2) is 7.84. The smallest absolute Gasteiger partial charge is 0.162 e. The molecule has 0 aromatic heterocycles. The van der Waals surface area contributed by atoms with E-state index in [-0.39, 0.29) is 34.1 Å². The lowest BCUT2D eigenvalue weighted by molar-refractivity contribution is -0.119. The summed E-state index contributed by atoms with van der Waals surface area (Å²) in [5.74, 6) is -0.00976. The SMILES string of the molecule is CC1(C)CC(=O)C2=C(C1)N(c1ccc(O)cc1)C1=C(C(=O)CC(C)(C)C1)C2c1ccc(Cl)cc1. The highest BCUT2D eigenvalue weighted by molar-refractivity contribution is 6.30. The largest absolute Gasteiger partial charge is 0.508 e. The number of benzene rings is 2. The number of ketones is 2. The molecule has 176 valence electrons. The van der Waals surface area contributed by atoms with E-state index in [4.69, 9.17) is 11.6 Å². The maximum Gasteiger partial charge on any atom is 0.162 e. The topological polar surface area (TPSA) is 57.6 Å². The van der Waals surface area contributed by atoms with Gasteiger partial charge in [0.2, 0.25) is 0 Å². The first kappa shape index (κ1) is 22.9. The molecule has 0 unspecified atom stereocenters. The molecule has 2 aliphatic carbocycles. The summed E-state index contributed by atoms with van der Waals surface area (Å²) in [5.41, 5.74) is 4.79. The van der Waals surface area contributed by atoms with Crippen LogP contribution in [0.4, 0.5) is 5.69 Å². The number of nitrogens with zero attached hydrogens (tertiary/aromatic N) is 1. The normalized spacial score (nSPS) is 22.1. The lowest BCUT2D eigenvalue weighted by Crippen LogP contribution is -2.44. The fourth-order valence-corrected chi connectivity index (χ4v) is 5.99. The maximum absolute atomic E-state index is 13.7. The molecule has 0 radical (unpaired) electrons. The Balaban J connectivity index is 1.82. The summed E-state index contributed by atoms with van der Waals surface area (Å²) in [7, 11) is 0. The van der Waals surface area contributed by atoms with E-state index >= 15 is 0 Å². The maximum atomic E-state index is 13.7. The molecule has 0 bridgehead atoms. The van der Waals surface area contributed by atoms with Crippen molar-refractivity contribution in [3.05, 3.63) is 81.7 Å². The number of carbonyl (C=O) groups is 2. The Morgan fingerprint density at radius 3 is 1.71 bits per heavy atom. The van der Waals surface area contributed by atoms with Crippen molar-refractivity contribution in [3.8, 4) is 5.75 Å². The van der Waals surface area contributed by atoms with Crippen LogP contribution < -0.4 is 4.90 Å². The zero-order valence-electron chi connectivity index (χ0n) is 20.1. The Morgan fingerprint density at radius 2 is 1.24 bits per heavy atom. The lowest BCUT2D eigenvalue weighted by Gasteiger charge is -2.49. The van der Waals surface area contributed by atoms with Crippen LogP contribution in [0.1, 0.15) is 64.9 Å². The van der Waals surface area contributed by atoms with Crippen molar-refractivity contribution in [2.75, 3.05) is 4.90 Å². The Bertz CT molecular complexity index is 1200.